The summed E-state index contributed by atoms with van der Waals surface area (Å²) >= 11 is 0. The van der Waals surface area contributed by atoms with E-state index >= 15 is 0 Å². The highest BCUT2D eigenvalue weighted by Crippen LogP contribution is 2.18. The van der Waals surface area contributed by atoms with Gasteiger partial charge in [0.1, 0.15) is 0 Å². The maximum atomic E-state index is 3.97. The first-order chi connectivity index (χ1) is 6.81. The largest absolute Gasteiger partial charge is 0.311 e. The van der Waals surface area contributed by atoms with Gasteiger partial charge in [-0.2, -0.15) is 0 Å². The Kier molecular flexibility index (Phi) is 5.49. The Balaban J connectivity index is 2.40. The first kappa shape index (κ1) is 12.0. The fourth-order valence-electron chi connectivity index (χ4n) is 2.42. The van der Waals surface area contributed by atoms with Gasteiger partial charge < -0.3 is 10.2 Å². The normalized spacial score (nSPS) is 26.4. The van der Waals surface area contributed by atoms with Gasteiger partial charge in [0, 0.05) is 25.7 Å². The highest BCUT2D eigenvalue weighted by molar-refractivity contribution is 4.83. The monoisotopic (exact) mass is 197 g/mol. The van der Waals surface area contributed by atoms with Gasteiger partial charge in [0.25, 0.3) is 0 Å². The second kappa shape index (κ2) is 6.41. The third-order valence-corrected chi connectivity index (χ3v) is 3.36. The molecule has 2 unspecified atom stereocenters. The van der Waals surface area contributed by atoms with Gasteiger partial charge in [-0.05, 0) is 25.8 Å². The lowest BCUT2D eigenvalue weighted by Gasteiger charge is -2.37. The maximum Gasteiger partial charge on any atom is 0.0223 e. The zero-order valence-corrected chi connectivity index (χ0v) is 9.76. The van der Waals surface area contributed by atoms with Crippen LogP contribution in [-0.2, 0) is 0 Å². The molecule has 1 saturated heterocycles. The molecule has 0 aromatic rings. The Hall–Kier alpha value is -0.0800. The van der Waals surface area contributed by atoms with Crippen LogP contribution in [0.2, 0.25) is 0 Å². The van der Waals surface area contributed by atoms with E-state index in [0.29, 0.717) is 6.04 Å². The van der Waals surface area contributed by atoms with Gasteiger partial charge in [-0.15, -0.1) is 0 Å². The van der Waals surface area contributed by atoms with Crippen LogP contribution >= 0.6 is 0 Å². The van der Waals surface area contributed by atoms with Gasteiger partial charge in [-0.3, -0.25) is 0 Å². The van der Waals surface area contributed by atoms with E-state index < -0.39 is 0 Å². The predicted octanol–water partition coefficient (Wildman–Crippen LogP) is 1.92. The van der Waals surface area contributed by atoms with Crippen molar-refractivity contribution in [3.05, 3.63) is 6.92 Å². The van der Waals surface area contributed by atoms with Crippen molar-refractivity contribution >= 4 is 0 Å². The summed E-state index contributed by atoms with van der Waals surface area (Å²) in [7, 11) is 0. The van der Waals surface area contributed by atoms with E-state index in [4.69, 9.17) is 0 Å². The van der Waals surface area contributed by atoms with Gasteiger partial charge in [0.15, 0.2) is 0 Å². The van der Waals surface area contributed by atoms with Crippen LogP contribution in [0, 0.1) is 12.8 Å². The van der Waals surface area contributed by atoms with Crippen LogP contribution in [0.5, 0.6) is 0 Å². The standard InChI is InChI=1S/C12H25N2/c1-4-7-11(5-2)12-10-14(6-3)9-8-13-12/h11-13H,3-10H2,1-2H3. The Bertz CT molecular complexity index is 147. The first-order valence-corrected chi connectivity index (χ1v) is 6.06. The molecule has 0 aromatic carbocycles. The average molecular weight is 197 g/mol. The minimum absolute atomic E-state index is 0.704. The summed E-state index contributed by atoms with van der Waals surface area (Å²) in [5.74, 6) is 0.856. The molecule has 0 saturated carbocycles. The molecule has 2 atom stereocenters. The summed E-state index contributed by atoms with van der Waals surface area (Å²) in [6.07, 6.45) is 3.97. The Labute approximate surface area is 89.1 Å². The molecular formula is C12H25N2. The van der Waals surface area contributed by atoms with Gasteiger partial charge in [-0.1, -0.05) is 26.7 Å². The highest BCUT2D eigenvalue weighted by atomic mass is 15.2. The zero-order valence-electron chi connectivity index (χ0n) is 9.76. The molecule has 1 N–H and O–H groups in total. The van der Waals surface area contributed by atoms with Gasteiger partial charge in [0.05, 0.1) is 0 Å². The lowest BCUT2D eigenvalue weighted by molar-refractivity contribution is 0.170. The summed E-state index contributed by atoms with van der Waals surface area (Å²) < 4.78 is 0. The van der Waals surface area contributed by atoms with Crippen LogP contribution in [0.25, 0.3) is 0 Å². The second-order valence-electron chi connectivity index (χ2n) is 4.32. The lowest BCUT2D eigenvalue weighted by atomic mass is 9.91. The molecule has 0 aliphatic carbocycles. The average Bonchev–Trinajstić information content (AvgIpc) is 2.26. The molecule has 1 heterocycles. The van der Waals surface area contributed by atoms with Crippen molar-refractivity contribution < 1.29 is 0 Å². The molecule has 83 valence electrons. The van der Waals surface area contributed by atoms with E-state index in [1.807, 2.05) is 0 Å². The van der Waals surface area contributed by atoms with Gasteiger partial charge in [-0.25, -0.2) is 0 Å². The molecule has 0 amide bonds. The van der Waals surface area contributed by atoms with E-state index in [2.05, 4.69) is 31.0 Å². The highest BCUT2D eigenvalue weighted by Gasteiger charge is 2.24. The van der Waals surface area contributed by atoms with E-state index in [1.54, 1.807) is 0 Å². The van der Waals surface area contributed by atoms with Crippen LogP contribution in [0.4, 0.5) is 0 Å². The van der Waals surface area contributed by atoms with Crippen LogP contribution < -0.4 is 5.32 Å². The molecule has 1 aliphatic heterocycles. The molecule has 14 heavy (non-hydrogen) atoms. The maximum absolute atomic E-state index is 3.97. The fourth-order valence-corrected chi connectivity index (χ4v) is 2.42. The molecule has 0 aromatic heterocycles. The van der Waals surface area contributed by atoms with Crippen molar-refractivity contribution in [1.29, 1.82) is 0 Å². The van der Waals surface area contributed by atoms with Crippen molar-refractivity contribution in [3.8, 4) is 0 Å². The van der Waals surface area contributed by atoms with Crippen LogP contribution in [-0.4, -0.2) is 37.1 Å². The van der Waals surface area contributed by atoms with E-state index in [1.165, 1.54) is 32.4 Å². The van der Waals surface area contributed by atoms with Gasteiger partial charge >= 0.3 is 0 Å². The fraction of sp³-hybridized carbons (Fsp3) is 0.917. The number of hydrogen-bond acceptors (Lipinski definition) is 2. The third kappa shape index (κ3) is 3.25. The Morgan fingerprint density at radius 2 is 2.29 bits per heavy atom. The van der Waals surface area contributed by atoms with E-state index in [-0.39, 0.29) is 0 Å². The molecule has 2 nitrogen and oxygen atoms in total. The zero-order chi connectivity index (χ0) is 10.4. The van der Waals surface area contributed by atoms with Crippen molar-refractivity contribution in [3.63, 3.8) is 0 Å². The van der Waals surface area contributed by atoms with E-state index in [0.717, 1.165) is 19.0 Å². The topological polar surface area (TPSA) is 15.3 Å². The smallest absolute Gasteiger partial charge is 0.0223 e. The van der Waals surface area contributed by atoms with Crippen molar-refractivity contribution in [2.45, 2.75) is 39.2 Å². The molecule has 0 spiro atoms. The molecule has 1 aliphatic rings. The molecule has 1 fully saturated rings. The molecule has 1 radical (unpaired) electrons. The Morgan fingerprint density at radius 3 is 2.86 bits per heavy atom. The van der Waals surface area contributed by atoms with Gasteiger partial charge in [0.2, 0.25) is 0 Å². The number of piperazine rings is 1. The summed E-state index contributed by atoms with van der Waals surface area (Å²) in [6.45, 7) is 13.0. The summed E-state index contributed by atoms with van der Waals surface area (Å²) in [5.41, 5.74) is 0. The molecular weight excluding hydrogens is 172 g/mol. The second-order valence-corrected chi connectivity index (χ2v) is 4.32. The summed E-state index contributed by atoms with van der Waals surface area (Å²) in [4.78, 5) is 2.46. The van der Waals surface area contributed by atoms with Crippen molar-refractivity contribution in [1.82, 2.24) is 10.2 Å². The predicted molar refractivity (Wildman–Crippen MR) is 62.3 cm³/mol. The first-order valence-electron chi connectivity index (χ1n) is 6.06. The van der Waals surface area contributed by atoms with Crippen LogP contribution in [0.1, 0.15) is 33.1 Å². The number of nitrogens with one attached hydrogen (secondary N) is 1. The minimum atomic E-state index is 0.704. The lowest BCUT2D eigenvalue weighted by Crippen LogP contribution is -2.53. The molecule has 0 bridgehead atoms. The van der Waals surface area contributed by atoms with Crippen LogP contribution in [0.3, 0.4) is 0 Å². The van der Waals surface area contributed by atoms with E-state index in [9.17, 15) is 0 Å². The molecule has 1 rings (SSSR count). The summed E-state index contributed by atoms with van der Waals surface area (Å²) in [5, 5.41) is 3.65. The van der Waals surface area contributed by atoms with Crippen molar-refractivity contribution in [2.75, 3.05) is 26.2 Å². The van der Waals surface area contributed by atoms with Crippen LogP contribution in [0.15, 0.2) is 0 Å². The summed E-state index contributed by atoms with van der Waals surface area (Å²) in [6, 6.07) is 0.704. The Morgan fingerprint density at radius 1 is 1.50 bits per heavy atom. The minimum Gasteiger partial charge on any atom is -0.311 e. The number of rotatable bonds is 5. The SMILES string of the molecule is [CH2]CN1CCNC(C(CC)CCC)C1. The number of nitrogens with zero attached hydrogens (tertiary/aromatic N) is 1. The molecule has 2 heteroatoms. The van der Waals surface area contributed by atoms with Crippen molar-refractivity contribution in [2.24, 2.45) is 5.92 Å². The number of hydrogen-bond donors (Lipinski definition) is 1. The quantitative estimate of drug-likeness (QED) is 0.724. The third-order valence-electron chi connectivity index (χ3n) is 3.36.